The number of nitriles is 1. The predicted molar refractivity (Wildman–Crippen MR) is 114 cm³/mol. The number of carbonyl (C=O) groups excluding carboxylic acids is 1. The molecule has 2 aromatic carbocycles. The van der Waals surface area contributed by atoms with Gasteiger partial charge >= 0.3 is 0 Å². The summed E-state index contributed by atoms with van der Waals surface area (Å²) < 4.78 is 29.9. The van der Waals surface area contributed by atoms with E-state index in [9.17, 15) is 13.6 Å². The molecule has 156 valence electrons. The average Bonchev–Trinajstić information content (AvgIpc) is 3.30. The van der Waals surface area contributed by atoms with Gasteiger partial charge in [0.15, 0.2) is 10.9 Å². The van der Waals surface area contributed by atoms with Crippen LogP contribution in [0, 0.1) is 36.8 Å². The van der Waals surface area contributed by atoms with Crippen LogP contribution in [-0.2, 0) is 6.54 Å². The molecule has 0 saturated carbocycles. The van der Waals surface area contributed by atoms with Crippen LogP contribution in [0.1, 0.15) is 27.3 Å². The Bertz CT molecular complexity index is 1320. The second-order valence-corrected chi connectivity index (χ2v) is 8.04. The van der Waals surface area contributed by atoms with Gasteiger partial charge in [-0.15, -0.1) is 0 Å². The Labute approximate surface area is 181 Å². The smallest absolute Gasteiger partial charge is 0.260 e. The molecule has 0 fully saturated rings. The Hall–Kier alpha value is -3.64. The molecule has 0 radical (unpaired) electrons. The van der Waals surface area contributed by atoms with E-state index in [1.54, 1.807) is 28.9 Å². The van der Waals surface area contributed by atoms with Crippen molar-refractivity contribution in [3.63, 3.8) is 0 Å². The van der Waals surface area contributed by atoms with Crippen molar-refractivity contribution in [3.8, 4) is 6.07 Å². The number of amides is 1. The molecule has 2 heterocycles. The SMILES string of the molecule is Cc1cc(C)n(CCN(C(=O)c2ccc(C#N)cc2)c2nc3c(F)cc(F)cc3s2)n1. The number of nitrogens with zero attached hydrogens (tertiary/aromatic N) is 5. The second kappa shape index (κ2) is 8.24. The fourth-order valence-corrected chi connectivity index (χ4v) is 4.31. The van der Waals surface area contributed by atoms with Crippen molar-refractivity contribution in [2.24, 2.45) is 0 Å². The highest BCUT2D eigenvalue weighted by Gasteiger charge is 2.23. The van der Waals surface area contributed by atoms with Gasteiger partial charge in [0, 0.05) is 23.9 Å². The number of fused-ring (bicyclic) bond motifs is 1. The molecule has 0 aliphatic heterocycles. The van der Waals surface area contributed by atoms with Gasteiger partial charge in [0.25, 0.3) is 5.91 Å². The first kappa shape index (κ1) is 20.6. The highest BCUT2D eigenvalue weighted by molar-refractivity contribution is 7.22. The Balaban J connectivity index is 1.72. The van der Waals surface area contributed by atoms with Crippen LogP contribution in [0.3, 0.4) is 0 Å². The minimum atomic E-state index is -0.776. The molecule has 0 aliphatic rings. The zero-order chi connectivity index (χ0) is 22.1. The standard InChI is InChI=1S/C22H17F2N5OS/c1-13-9-14(2)29(27-13)8-7-28(21(30)16-5-3-15(12-25)4-6-16)22-26-20-18(24)10-17(23)11-19(20)31-22/h3-6,9-11H,7-8H2,1-2H3. The minimum Gasteiger partial charge on any atom is -0.282 e. The first-order valence-electron chi connectivity index (χ1n) is 9.44. The molecule has 0 aliphatic carbocycles. The van der Waals surface area contributed by atoms with Gasteiger partial charge in [-0.25, -0.2) is 13.8 Å². The van der Waals surface area contributed by atoms with E-state index < -0.39 is 11.6 Å². The minimum absolute atomic E-state index is 0.0187. The fourth-order valence-electron chi connectivity index (χ4n) is 3.28. The van der Waals surface area contributed by atoms with E-state index >= 15 is 0 Å². The summed E-state index contributed by atoms with van der Waals surface area (Å²) in [4.78, 5) is 19.0. The highest BCUT2D eigenvalue weighted by Crippen LogP contribution is 2.32. The van der Waals surface area contributed by atoms with Gasteiger partial charge in [0.05, 0.1) is 28.6 Å². The van der Waals surface area contributed by atoms with Gasteiger partial charge in [-0.1, -0.05) is 11.3 Å². The molecule has 1 amide bonds. The van der Waals surface area contributed by atoms with Crippen LogP contribution >= 0.6 is 11.3 Å². The lowest BCUT2D eigenvalue weighted by atomic mass is 10.1. The van der Waals surface area contributed by atoms with Crippen LogP contribution in [-0.4, -0.2) is 27.2 Å². The molecule has 0 N–H and O–H groups in total. The number of aryl methyl sites for hydroxylation is 2. The fraction of sp³-hybridized carbons (Fsp3) is 0.182. The lowest BCUT2D eigenvalue weighted by molar-refractivity contribution is 0.0985. The van der Waals surface area contributed by atoms with Crippen LogP contribution in [0.15, 0.2) is 42.5 Å². The van der Waals surface area contributed by atoms with Crippen LogP contribution in [0.25, 0.3) is 10.2 Å². The topological polar surface area (TPSA) is 74.8 Å². The summed E-state index contributed by atoms with van der Waals surface area (Å²) in [5, 5.41) is 13.7. The summed E-state index contributed by atoms with van der Waals surface area (Å²) in [7, 11) is 0. The van der Waals surface area contributed by atoms with E-state index in [1.807, 2.05) is 26.0 Å². The Kier molecular flexibility index (Phi) is 5.48. The summed E-state index contributed by atoms with van der Waals surface area (Å²) in [6, 6.07) is 12.2. The Morgan fingerprint density at radius 3 is 2.58 bits per heavy atom. The van der Waals surface area contributed by atoms with Crippen molar-refractivity contribution in [2.45, 2.75) is 20.4 Å². The number of carbonyl (C=O) groups is 1. The number of thiazole rings is 1. The quantitative estimate of drug-likeness (QED) is 0.457. The Morgan fingerprint density at radius 1 is 1.19 bits per heavy atom. The van der Waals surface area contributed by atoms with Gasteiger partial charge in [0.2, 0.25) is 0 Å². The third-order valence-corrected chi connectivity index (χ3v) is 5.80. The average molecular weight is 437 g/mol. The zero-order valence-corrected chi connectivity index (χ0v) is 17.6. The summed E-state index contributed by atoms with van der Waals surface area (Å²) in [5.41, 5.74) is 2.62. The number of hydrogen-bond acceptors (Lipinski definition) is 5. The molecule has 0 unspecified atom stereocenters. The number of rotatable bonds is 5. The monoisotopic (exact) mass is 437 g/mol. The van der Waals surface area contributed by atoms with Crippen molar-refractivity contribution >= 4 is 32.6 Å². The van der Waals surface area contributed by atoms with E-state index in [-0.39, 0.29) is 23.1 Å². The second-order valence-electron chi connectivity index (χ2n) is 7.03. The van der Waals surface area contributed by atoms with Crippen LogP contribution in [0.2, 0.25) is 0 Å². The van der Waals surface area contributed by atoms with E-state index in [2.05, 4.69) is 10.1 Å². The van der Waals surface area contributed by atoms with Crippen LogP contribution in [0.4, 0.5) is 13.9 Å². The van der Waals surface area contributed by atoms with E-state index in [1.165, 1.54) is 11.0 Å². The lowest BCUT2D eigenvalue weighted by Crippen LogP contribution is -2.34. The number of benzene rings is 2. The molecule has 0 atom stereocenters. The molecule has 31 heavy (non-hydrogen) atoms. The van der Waals surface area contributed by atoms with Gasteiger partial charge in [0.1, 0.15) is 11.3 Å². The first-order valence-corrected chi connectivity index (χ1v) is 10.3. The molecule has 4 rings (SSSR count). The van der Waals surface area contributed by atoms with Crippen molar-refractivity contribution in [1.82, 2.24) is 14.8 Å². The Morgan fingerprint density at radius 2 is 1.94 bits per heavy atom. The maximum atomic E-state index is 14.2. The van der Waals surface area contributed by atoms with Crippen molar-refractivity contribution in [1.29, 1.82) is 5.26 Å². The van der Waals surface area contributed by atoms with Crippen molar-refractivity contribution < 1.29 is 13.6 Å². The van der Waals surface area contributed by atoms with E-state index in [0.29, 0.717) is 22.4 Å². The first-order chi connectivity index (χ1) is 14.9. The predicted octanol–water partition coefficient (Wildman–Crippen LogP) is 4.61. The summed E-state index contributed by atoms with van der Waals surface area (Å²) in [6.07, 6.45) is 0. The van der Waals surface area contributed by atoms with Gasteiger partial charge in [-0.05, 0) is 50.2 Å². The van der Waals surface area contributed by atoms with Gasteiger partial charge < -0.3 is 0 Å². The largest absolute Gasteiger partial charge is 0.282 e. The van der Waals surface area contributed by atoms with Gasteiger partial charge in [-0.2, -0.15) is 10.4 Å². The normalized spacial score (nSPS) is 10.9. The molecule has 0 bridgehead atoms. The number of aromatic nitrogens is 3. The third kappa shape index (κ3) is 4.15. The van der Waals surface area contributed by atoms with E-state index in [4.69, 9.17) is 5.26 Å². The molecule has 0 spiro atoms. The van der Waals surface area contributed by atoms with E-state index in [0.717, 1.165) is 28.8 Å². The lowest BCUT2D eigenvalue weighted by Gasteiger charge is -2.20. The number of halogens is 2. The van der Waals surface area contributed by atoms with Crippen molar-refractivity contribution in [2.75, 3.05) is 11.4 Å². The molecule has 6 nitrogen and oxygen atoms in total. The molecular weight excluding hydrogens is 420 g/mol. The van der Waals surface area contributed by atoms with Gasteiger partial charge in [-0.3, -0.25) is 14.4 Å². The summed E-state index contributed by atoms with van der Waals surface area (Å²) in [5.74, 6) is -1.83. The molecule has 2 aromatic heterocycles. The number of hydrogen-bond donors (Lipinski definition) is 0. The maximum absolute atomic E-state index is 14.2. The van der Waals surface area contributed by atoms with Crippen LogP contribution in [0.5, 0.6) is 0 Å². The third-order valence-electron chi connectivity index (χ3n) is 4.78. The maximum Gasteiger partial charge on any atom is 0.260 e. The number of anilines is 1. The molecule has 4 aromatic rings. The molecular formula is C22H17F2N5OS. The van der Waals surface area contributed by atoms with Crippen LogP contribution < -0.4 is 4.90 Å². The highest BCUT2D eigenvalue weighted by atomic mass is 32.1. The molecule has 0 saturated heterocycles. The zero-order valence-electron chi connectivity index (χ0n) is 16.8. The summed E-state index contributed by atoms with van der Waals surface area (Å²) in [6.45, 7) is 4.43. The van der Waals surface area contributed by atoms with Crippen molar-refractivity contribution in [3.05, 3.63) is 76.6 Å². The molecule has 9 heteroatoms. The summed E-state index contributed by atoms with van der Waals surface area (Å²) >= 11 is 1.04.